The van der Waals surface area contributed by atoms with Gasteiger partial charge in [-0.1, -0.05) is 24.3 Å². The molecule has 5 rings (SSSR count). The van der Waals surface area contributed by atoms with E-state index >= 15 is 0 Å². The van der Waals surface area contributed by atoms with Crippen molar-refractivity contribution in [3.8, 4) is 0 Å². The van der Waals surface area contributed by atoms with Gasteiger partial charge in [-0.15, -0.1) is 0 Å². The second-order valence-corrected chi connectivity index (χ2v) is 10.4. The van der Waals surface area contributed by atoms with Crippen LogP contribution in [0, 0.1) is 6.92 Å². The van der Waals surface area contributed by atoms with Crippen LogP contribution in [0.5, 0.6) is 0 Å². The Bertz CT molecular complexity index is 1260. The lowest BCUT2D eigenvalue weighted by Gasteiger charge is -2.26. The molecule has 1 aliphatic heterocycles. The van der Waals surface area contributed by atoms with Crippen LogP contribution in [0.1, 0.15) is 59.0 Å². The minimum absolute atomic E-state index is 0.0452. The number of nitrogens with zero attached hydrogens (tertiary/aromatic N) is 1. The minimum atomic E-state index is -3.52. The van der Waals surface area contributed by atoms with Crippen LogP contribution in [-0.4, -0.2) is 31.7 Å². The third-order valence-electron chi connectivity index (χ3n) is 6.49. The Morgan fingerprint density at radius 2 is 1.87 bits per heavy atom. The molecule has 31 heavy (non-hydrogen) atoms. The number of nitrogens with one attached hydrogen (secondary N) is 1. The van der Waals surface area contributed by atoms with Crippen molar-refractivity contribution in [3.05, 3.63) is 64.9 Å². The first-order valence-electron chi connectivity index (χ1n) is 10.9. The third-order valence-corrected chi connectivity index (χ3v) is 8.39. The van der Waals surface area contributed by atoms with Crippen molar-refractivity contribution in [1.82, 2.24) is 9.62 Å². The molecule has 1 saturated heterocycles. The first-order valence-corrected chi connectivity index (χ1v) is 12.3. The molecule has 7 heteroatoms. The van der Waals surface area contributed by atoms with E-state index < -0.39 is 10.0 Å². The molecular weight excluding hydrogens is 412 g/mol. The second kappa shape index (κ2) is 7.80. The van der Waals surface area contributed by atoms with Gasteiger partial charge in [-0.25, -0.2) is 8.42 Å². The molecule has 1 fully saturated rings. The lowest BCUT2D eigenvalue weighted by molar-refractivity contribution is 0.0906. The van der Waals surface area contributed by atoms with E-state index in [1.54, 1.807) is 18.2 Å². The molecule has 0 unspecified atom stereocenters. The maximum atomic E-state index is 13.1. The molecule has 2 aliphatic rings. The molecule has 2 aromatic carbocycles. The molecule has 1 N–H and O–H groups in total. The van der Waals surface area contributed by atoms with Gasteiger partial charge in [-0.3, -0.25) is 4.79 Å². The Morgan fingerprint density at radius 3 is 2.68 bits per heavy atom. The van der Waals surface area contributed by atoms with Gasteiger partial charge in [0.2, 0.25) is 10.0 Å². The monoisotopic (exact) mass is 438 g/mol. The average Bonchev–Trinajstić information content (AvgIpc) is 3.43. The highest BCUT2D eigenvalue weighted by molar-refractivity contribution is 7.89. The van der Waals surface area contributed by atoms with Crippen LogP contribution in [0.3, 0.4) is 0 Å². The number of hydrogen-bond acceptors (Lipinski definition) is 4. The van der Waals surface area contributed by atoms with Crippen molar-refractivity contribution in [2.45, 2.75) is 50.0 Å². The summed E-state index contributed by atoms with van der Waals surface area (Å²) in [5.41, 5.74) is 3.62. The number of sulfonamides is 1. The maximum Gasteiger partial charge on any atom is 0.287 e. The quantitative estimate of drug-likeness (QED) is 0.657. The van der Waals surface area contributed by atoms with E-state index in [0.29, 0.717) is 29.6 Å². The van der Waals surface area contributed by atoms with E-state index in [0.717, 1.165) is 37.7 Å². The van der Waals surface area contributed by atoms with Gasteiger partial charge < -0.3 is 9.73 Å². The van der Waals surface area contributed by atoms with Gasteiger partial charge in [-0.2, -0.15) is 4.31 Å². The molecule has 0 radical (unpaired) electrons. The van der Waals surface area contributed by atoms with Crippen LogP contribution < -0.4 is 5.32 Å². The predicted octanol–water partition coefficient (Wildman–Crippen LogP) is 4.33. The fraction of sp³-hybridized carbons (Fsp3) is 0.375. The van der Waals surface area contributed by atoms with Crippen molar-refractivity contribution in [2.75, 3.05) is 13.1 Å². The molecular formula is C24H26N2O4S. The summed E-state index contributed by atoms with van der Waals surface area (Å²) < 4.78 is 33.2. The Balaban J connectivity index is 1.45. The highest BCUT2D eigenvalue weighted by Crippen LogP contribution is 2.32. The summed E-state index contributed by atoms with van der Waals surface area (Å²) >= 11 is 0. The van der Waals surface area contributed by atoms with Gasteiger partial charge in [0.15, 0.2) is 5.76 Å². The summed E-state index contributed by atoms with van der Waals surface area (Å²) in [7, 11) is -3.52. The number of carbonyl (C=O) groups is 1. The van der Waals surface area contributed by atoms with Gasteiger partial charge in [0.05, 0.1) is 10.9 Å². The van der Waals surface area contributed by atoms with Crippen molar-refractivity contribution < 1.29 is 17.6 Å². The van der Waals surface area contributed by atoms with Gasteiger partial charge in [0, 0.05) is 24.0 Å². The lowest BCUT2D eigenvalue weighted by Crippen LogP contribution is -2.31. The molecule has 3 aromatic rings. The van der Waals surface area contributed by atoms with Crippen LogP contribution >= 0.6 is 0 Å². The fourth-order valence-corrected chi connectivity index (χ4v) is 6.33. The molecule has 0 bridgehead atoms. The smallest absolute Gasteiger partial charge is 0.287 e. The Hall–Kier alpha value is -2.64. The summed E-state index contributed by atoms with van der Waals surface area (Å²) in [5.74, 6) is -0.0203. The van der Waals surface area contributed by atoms with E-state index in [2.05, 4.69) is 17.4 Å². The fourth-order valence-electron chi connectivity index (χ4n) is 4.78. The molecule has 0 spiro atoms. The van der Waals surface area contributed by atoms with Crippen molar-refractivity contribution in [3.63, 3.8) is 0 Å². The number of hydrogen-bond donors (Lipinski definition) is 1. The average molecular weight is 439 g/mol. The zero-order valence-corrected chi connectivity index (χ0v) is 18.4. The molecule has 0 saturated carbocycles. The number of aryl methyl sites for hydroxylation is 2. The summed E-state index contributed by atoms with van der Waals surface area (Å²) in [6, 6.07) is 13.0. The number of amides is 1. The molecule has 1 atom stereocenters. The molecule has 1 aromatic heterocycles. The van der Waals surface area contributed by atoms with E-state index in [1.807, 2.05) is 19.1 Å². The first kappa shape index (κ1) is 20.3. The van der Waals surface area contributed by atoms with Crippen molar-refractivity contribution in [2.24, 2.45) is 0 Å². The second-order valence-electron chi connectivity index (χ2n) is 8.44. The highest BCUT2D eigenvalue weighted by atomic mass is 32.2. The Morgan fingerprint density at radius 1 is 1.10 bits per heavy atom. The topological polar surface area (TPSA) is 79.6 Å². The standard InChI is InChI=1S/C24H26N2O4S/c1-16-20-15-18(31(28,29)26-13-4-5-14-26)11-12-22(20)30-23(16)24(27)25-21-10-6-8-17-7-2-3-9-19(17)21/h2-3,7,9,11-12,15,21H,4-6,8,10,13-14H2,1H3,(H,25,27)/t21-/m1/s1. The summed E-state index contributed by atoms with van der Waals surface area (Å²) in [6.45, 7) is 2.92. The third kappa shape index (κ3) is 3.55. The normalized spacial score (nSPS) is 19.5. The number of furan rings is 1. The van der Waals surface area contributed by atoms with Crippen LogP contribution in [0.15, 0.2) is 51.8 Å². The Labute approximate surface area is 182 Å². The number of benzene rings is 2. The van der Waals surface area contributed by atoms with Crippen LogP contribution in [0.4, 0.5) is 0 Å². The summed E-state index contributed by atoms with van der Waals surface area (Å²) in [4.78, 5) is 13.3. The largest absolute Gasteiger partial charge is 0.451 e. The van der Waals surface area contributed by atoms with Gasteiger partial charge in [0.25, 0.3) is 5.91 Å². The predicted molar refractivity (Wildman–Crippen MR) is 119 cm³/mol. The highest BCUT2D eigenvalue weighted by Gasteiger charge is 2.29. The zero-order valence-electron chi connectivity index (χ0n) is 17.6. The SMILES string of the molecule is Cc1c(C(=O)N[C@@H]2CCCc3ccccc32)oc2ccc(S(=O)(=O)N3CCCC3)cc12. The summed E-state index contributed by atoms with van der Waals surface area (Å²) in [5, 5.41) is 3.79. The molecule has 2 heterocycles. The number of carbonyl (C=O) groups excluding carboxylic acids is 1. The molecule has 162 valence electrons. The lowest BCUT2D eigenvalue weighted by atomic mass is 9.87. The van der Waals surface area contributed by atoms with E-state index in [-0.39, 0.29) is 22.6 Å². The van der Waals surface area contributed by atoms with Crippen LogP contribution in [-0.2, 0) is 16.4 Å². The first-order chi connectivity index (χ1) is 14.9. The summed E-state index contributed by atoms with van der Waals surface area (Å²) in [6.07, 6.45) is 4.72. The number of rotatable bonds is 4. The zero-order chi connectivity index (χ0) is 21.6. The van der Waals surface area contributed by atoms with Crippen LogP contribution in [0.25, 0.3) is 11.0 Å². The van der Waals surface area contributed by atoms with E-state index in [9.17, 15) is 13.2 Å². The molecule has 6 nitrogen and oxygen atoms in total. The molecule has 1 amide bonds. The molecule has 1 aliphatic carbocycles. The van der Waals surface area contributed by atoms with Gasteiger partial charge in [0.1, 0.15) is 5.58 Å². The van der Waals surface area contributed by atoms with Gasteiger partial charge in [-0.05, 0) is 68.4 Å². The maximum absolute atomic E-state index is 13.1. The van der Waals surface area contributed by atoms with Crippen molar-refractivity contribution >= 4 is 26.9 Å². The van der Waals surface area contributed by atoms with Crippen LogP contribution in [0.2, 0.25) is 0 Å². The van der Waals surface area contributed by atoms with Gasteiger partial charge >= 0.3 is 0 Å². The van der Waals surface area contributed by atoms with E-state index in [1.165, 1.54) is 9.87 Å². The van der Waals surface area contributed by atoms with Crippen molar-refractivity contribution in [1.29, 1.82) is 0 Å². The Kier molecular flexibility index (Phi) is 5.10. The number of fused-ring (bicyclic) bond motifs is 2. The minimum Gasteiger partial charge on any atom is -0.451 e. The van der Waals surface area contributed by atoms with E-state index in [4.69, 9.17) is 4.42 Å².